The second-order valence-corrected chi connectivity index (χ2v) is 7.59. The van der Waals surface area contributed by atoms with Crippen LogP contribution in [0, 0.1) is 0 Å². The van der Waals surface area contributed by atoms with Crippen molar-refractivity contribution in [1.82, 2.24) is 19.7 Å². The predicted molar refractivity (Wildman–Crippen MR) is 82.8 cm³/mol. The number of aromatic nitrogens is 3. The molecule has 4 rings (SSSR count). The number of hydrogen-bond donors (Lipinski definition) is 0. The van der Waals surface area contributed by atoms with Gasteiger partial charge in [-0.15, -0.1) is 10.2 Å². The SMILES string of the molecule is C[C@H]1COCCN1CCSc1nnc(C2CC2)n1C1CC1. The second-order valence-electron chi connectivity index (χ2n) is 6.52. The molecule has 2 saturated carbocycles. The van der Waals surface area contributed by atoms with Crippen molar-refractivity contribution in [2.24, 2.45) is 0 Å². The van der Waals surface area contributed by atoms with Crippen LogP contribution in [0.15, 0.2) is 5.16 Å². The molecule has 1 aromatic rings. The number of morpholine rings is 1. The van der Waals surface area contributed by atoms with Gasteiger partial charge in [0.1, 0.15) is 5.82 Å². The van der Waals surface area contributed by atoms with E-state index in [2.05, 4.69) is 26.6 Å². The fraction of sp³-hybridized carbons (Fsp3) is 0.867. The highest BCUT2D eigenvalue weighted by Crippen LogP contribution is 2.45. The predicted octanol–water partition coefficient (Wildman–Crippen LogP) is 2.30. The summed E-state index contributed by atoms with van der Waals surface area (Å²) >= 11 is 1.88. The lowest BCUT2D eigenvalue weighted by Gasteiger charge is -2.32. The monoisotopic (exact) mass is 308 g/mol. The average Bonchev–Trinajstić information content (AvgIpc) is 3.40. The van der Waals surface area contributed by atoms with E-state index in [1.807, 2.05) is 11.8 Å². The number of thioether (sulfide) groups is 1. The zero-order valence-electron chi connectivity index (χ0n) is 12.7. The molecule has 6 heteroatoms. The summed E-state index contributed by atoms with van der Waals surface area (Å²) in [5, 5.41) is 10.1. The van der Waals surface area contributed by atoms with Crippen molar-refractivity contribution < 1.29 is 4.74 Å². The minimum atomic E-state index is 0.544. The maximum atomic E-state index is 5.50. The zero-order valence-corrected chi connectivity index (χ0v) is 13.5. The summed E-state index contributed by atoms with van der Waals surface area (Å²) in [6.07, 6.45) is 5.24. The minimum Gasteiger partial charge on any atom is -0.379 e. The molecule has 3 aliphatic rings. The molecule has 2 heterocycles. The summed E-state index contributed by atoms with van der Waals surface area (Å²) < 4.78 is 7.95. The normalized spacial score (nSPS) is 27.2. The summed E-state index contributed by atoms with van der Waals surface area (Å²) in [5.74, 6) is 3.06. The van der Waals surface area contributed by atoms with Crippen molar-refractivity contribution in [2.45, 2.75) is 55.8 Å². The molecule has 1 atom stereocenters. The number of hydrogen-bond acceptors (Lipinski definition) is 5. The molecule has 0 aromatic carbocycles. The van der Waals surface area contributed by atoms with E-state index in [9.17, 15) is 0 Å². The quantitative estimate of drug-likeness (QED) is 0.755. The van der Waals surface area contributed by atoms with Crippen LogP contribution in [0.3, 0.4) is 0 Å². The van der Waals surface area contributed by atoms with Crippen LogP contribution < -0.4 is 0 Å². The Kier molecular flexibility index (Phi) is 3.94. The molecule has 0 spiro atoms. The van der Waals surface area contributed by atoms with Crippen LogP contribution in [0.2, 0.25) is 0 Å². The van der Waals surface area contributed by atoms with Crippen LogP contribution in [0.5, 0.6) is 0 Å². The van der Waals surface area contributed by atoms with Gasteiger partial charge in [-0.1, -0.05) is 11.8 Å². The zero-order chi connectivity index (χ0) is 14.2. The first kappa shape index (κ1) is 14.0. The maximum Gasteiger partial charge on any atom is 0.191 e. The molecule has 3 fully saturated rings. The second kappa shape index (κ2) is 5.89. The number of ether oxygens (including phenoxy) is 1. The fourth-order valence-electron chi connectivity index (χ4n) is 3.03. The van der Waals surface area contributed by atoms with Crippen molar-refractivity contribution in [3.8, 4) is 0 Å². The van der Waals surface area contributed by atoms with Crippen LogP contribution in [-0.4, -0.2) is 57.8 Å². The highest BCUT2D eigenvalue weighted by atomic mass is 32.2. The Hall–Kier alpha value is -0.590. The molecule has 0 bridgehead atoms. The lowest BCUT2D eigenvalue weighted by Crippen LogP contribution is -2.44. The van der Waals surface area contributed by atoms with E-state index in [0.717, 1.165) is 37.2 Å². The first-order valence-corrected chi connectivity index (χ1v) is 9.21. The molecule has 1 saturated heterocycles. The lowest BCUT2D eigenvalue weighted by atomic mass is 10.2. The molecular formula is C15H24N4OS. The van der Waals surface area contributed by atoms with E-state index in [1.54, 1.807) is 0 Å². The van der Waals surface area contributed by atoms with Crippen LogP contribution in [0.4, 0.5) is 0 Å². The maximum absolute atomic E-state index is 5.50. The summed E-state index contributed by atoms with van der Waals surface area (Å²) in [6.45, 7) is 6.17. The molecule has 21 heavy (non-hydrogen) atoms. The Morgan fingerprint density at radius 2 is 2.10 bits per heavy atom. The first-order valence-electron chi connectivity index (χ1n) is 8.22. The molecular weight excluding hydrogens is 284 g/mol. The van der Waals surface area contributed by atoms with Crippen LogP contribution in [0.1, 0.15) is 50.4 Å². The smallest absolute Gasteiger partial charge is 0.191 e. The molecule has 0 radical (unpaired) electrons. The van der Waals surface area contributed by atoms with Crippen LogP contribution in [0.25, 0.3) is 0 Å². The fourth-order valence-corrected chi connectivity index (χ4v) is 4.02. The average molecular weight is 308 g/mol. The lowest BCUT2D eigenvalue weighted by molar-refractivity contribution is 0.00298. The molecule has 0 unspecified atom stereocenters. The molecule has 2 aliphatic carbocycles. The van der Waals surface area contributed by atoms with Crippen molar-refractivity contribution in [3.05, 3.63) is 5.82 Å². The number of nitrogens with zero attached hydrogens (tertiary/aromatic N) is 4. The van der Waals surface area contributed by atoms with Gasteiger partial charge in [0.05, 0.1) is 13.2 Å². The Morgan fingerprint density at radius 1 is 1.24 bits per heavy atom. The van der Waals surface area contributed by atoms with Crippen molar-refractivity contribution >= 4 is 11.8 Å². The van der Waals surface area contributed by atoms with Gasteiger partial charge in [0.15, 0.2) is 5.16 Å². The van der Waals surface area contributed by atoms with Gasteiger partial charge >= 0.3 is 0 Å². The Balaban J connectivity index is 1.36. The van der Waals surface area contributed by atoms with Gasteiger partial charge < -0.3 is 9.30 Å². The topological polar surface area (TPSA) is 43.2 Å². The Labute approximate surface area is 130 Å². The Bertz CT molecular complexity index is 498. The third-order valence-electron chi connectivity index (χ3n) is 4.66. The summed E-state index contributed by atoms with van der Waals surface area (Å²) in [7, 11) is 0. The van der Waals surface area contributed by atoms with Gasteiger partial charge in [-0.05, 0) is 32.6 Å². The highest BCUT2D eigenvalue weighted by molar-refractivity contribution is 7.99. The highest BCUT2D eigenvalue weighted by Gasteiger charge is 2.36. The molecule has 1 aliphatic heterocycles. The van der Waals surface area contributed by atoms with E-state index >= 15 is 0 Å². The van der Waals surface area contributed by atoms with E-state index in [-0.39, 0.29) is 0 Å². The summed E-state index contributed by atoms with van der Waals surface area (Å²) in [4.78, 5) is 2.52. The van der Waals surface area contributed by atoms with E-state index in [0.29, 0.717) is 18.0 Å². The first-order chi connectivity index (χ1) is 10.3. The van der Waals surface area contributed by atoms with Crippen molar-refractivity contribution in [2.75, 3.05) is 32.1 Å². The third kappa shape index (κ3) is 3.12. The molecule has 116 valence electrons. The minimum absolute atomic E-state index is 0.544. The molecule has 1 aromatic heterocycles. The van der Waals surface area contributed by atoms with Gasteiger partial charge in [0.2, 0.25) is 0 Å². The van der Waals surface area contributed by atoms with E-state index < -0.39 is 0 Å². The third-order valence-corrected chi connectivity index (χ3v) is 5.58. The van der Waals surface area contributed by atoms with Gasteiger partial charge in [-0.2, -0.15) is 0 Å². The molecule has 0 amide bonds. The van der Waals surface area contributed by atoms with Gasteiger partial charge in [-0.25, -0.2) is 0 Å². The number of rotatable bonds is 6. The van der Waals surface area contributed by atoms with Gasteiger partial charge in [-0.3, -0.25) is 4.90 Å². The summed E-state index contributed by atoms with van der Waals surface area (Å²) in [6, 6.07) is 1.24. The van der Waals surface area contributed by atoms with Crippen LogP contribution in [-0.2, 0) is 4.74 Å². The van der Waals surface area contributed by atoms with Gasteiger partial charge in [0, 0.05) is 36.8 Å². The largest absolute Gasteiger partial charge is 0.379 e. The van der Waals surface area contributed by atoms with Crippen LogP contribution >= 0.6 is 11.8 Å². The molecule has 0 N–H and O–H groups in total. The molecule has 5 nitrogen and oxygen atoms in total. The van der Waals surface area contributed by atoms with Gasteiger partial charge in [0.25, 0.3) is 0 Å². The van der Waals surface area contributed by atoms with E-state index in [4.69, 9.17) is 4.74 Å². The van der Waals surface area contributed by atoms with E-state index in [1.165, 1.54) is 31.5 Å². The Morgan fingerprint density at radius 3 is 2.81 bits per heavy atom. The van der Waals surface area contributed by atoms with Crippen molar-refractivity contribution in [3.63, 3.8) is 0 Å². The summed E-state index contributed by atoms with van der Waals surface area (Å²) in [5.41, 5.74) is 0. The standard InChI is InChI=1S/C15H24N4OS/c1-11-10-20-8-6-18(11)7-9-21-15-17-16-14(12-2-3-12)19(15)13-4-5-13/h11-13H,2-10H2,1H3/t11-/m0/s1. The van der Waals surface area contributed by atoms with Crippen molar-refractivity contribution in [1.29, 1.82) is 0 Å².